The maximum atomic E-state index is 4.24. The van der Waals surface area contributed by atoms with E-state index in [0.29, 0.717) is 0 Å². The molecule has 0 bridgehead atoms. The Morgan fingerprint density at radius 2 is 2.40 bits per heavy atom. The number of hydrogen-bond acceptors (Lipinski definition) is 2. The molecule has 2 rings (SSSR count). The van der Waals surface area contributed by atoms with Crippen LogP contribution in [0.4, 0.5) is 0 Å². The Hall–Kier alpha value is -1.32. The summed E-state index contributed by atoms with van der Waals surface area (Å²) in [5.74, 6) is 0. The van der Waals surface area contributed by atoms with E-state index in [0.717, 1.165) is 16.8 Å². The van der Waals surface area contributed by atoms with Crippen LogP contribution in [-0.4, -0.2) is 22.8 Å². The lowest BCUT2D eigenvalue weighted by Gasteiger charge is -1.89. The number of hydrogen-bond donors (Lipinski definition) is 1. The molecular weight excluding hydrogens is 125 g/mol. The second-order valence-electron chi connectivity index (χ2n) is 2.22. The fourth-order valence-corrected chi connectivity index (χ4v) is 0.923. The third-order valence-corrected chi connectivity index (χ3v) is 1.38. The molecule has 0 aliphatic rings. The van der Waals surface area contributed by atoms with Crippen molar-refractivity contribution in [2.24, 2.45) is 0 Å². The average molecular weight is 131 g/mol. The summed E-state index contributed by atoms with van der Waals surface area (Å²) in [6.07, 6.45) is 3.59. The van der Waals surface area contributed by atoms with Gasteiger partial charge in [-0.25, -0.2) is 4.98 Å². The molecule has 0 fully saturated rings. The summed E-state index contributed by atoms with van der Waals surface area (Å²) in [6, 6.07) is 1.91. The summed E-state index contributed by atoms with van der Waals surface area (Å²) in [6.45, 7) is 0. The lowest BCUT2D eigenvalue weighted by atomic mass is 10.1. The number of nitrogens with one attached hydrogen (secondary N) is 1. The standard InChI is InChI=1S/C6H6BN3/c7-5-3-9-6-4(10-5)1-2-8-6/h1-3H,7H2,(H,8,9). The predicted molar refractivity (Wildman–Crippen MR) is 42.1 cm³/mol. The molecule has 0 aromatic carbocycles. The SMILES string of the molecule is Bc1cnc2[nH]ccc2n1. The first-order chi connectivity index (χ1) is 4.86. The van der Waals surface area contributed by atoms with E-state index < -0.39 is 0 Å². The maximum absolute atomic E-state index is 4.24. The first kappa shape index (κ1) is 5.47. The summed E-state index contributed by atoms with van der Waals surface area (Å²) >= 11 is 0. The molecule has 1 N–H and O–H groups in total. The Labute approximate surface area is 58.9 Å². The lowest BCUT2D eigenvalue weighted by Crippen LogP contribution is -2.07. The average Bonchev–Trinajstić information content (AvgIpc) is 2.33. The molecule has 0 amide bonds. The first-order valence-electron chi connectivity index (χ1n) is 3.13. The van der Waals surface area contributed by atoms with Gasteiger partial charge in [-0.05, 0) is 6.07 Å². The molecule has 0 aliphatic heterocycles. The molecule has 48 valence electrons. The smallest absolute Gasteiger partial charge is 0.166 e. The van der Waals surface area contributed by atoms with Crippen molar-refractivity contribution in [3.63, 3.8) is 0 Å². The van der Waals surface area contributed by atoms with Gasteiger partial charge in [0.15, 0.2) is 13.5 Å². The van der Waals surface area contributed by atoms with Gasteiger partial charge in [0, 0.05) is 18.0 Å². The normalized spacial score (nSPS) is 10.4. The molecule has 0 saturated heterocycles. The van der Waals surface area contributed by atoms with Crippen LogP contribution in [0.2, 0.25) is 0 Å². The number of aromatic nitrogens is 3. The van der Waals surface area contributed by atoms with E-state index in [2.05, 4.69) is 15.0 Å². The fraction of sp³-hybridized carbons (Fsp3) is 0. The van der Waals surface area contributed by atoms with Crippen LogP contribution in [0.15, 0.2) is 18.5 Å². The van der Waals surface area contributed by atoms with Gasteiger partial charge in [0.25, 0.3) is 0 Å². The summed E-state index contributed by atoms with van der Waals surface area (Å²) in [4.78, 5) is 11.3. The molecule has 4 heteroatoms. The van der Waals surface area contributed by atoms with E-state index in [-0.39, 0.29) is 0 Å². The summed E-state index contributed by atoms with van der Waals surface area (Å²) in [5, 5.41) is 0. The van der Waals surface area contributed by atoms with E-state index in [1.807, 2.05) is 20.1 Å². The second kappa shape index (κ2) is 1.83. The van der Waals surface area contributed by atoms with E-state index in [9.17, 15) is 0 Å². The lowest BCUT2D eigenvalue weighted by molar-refractivity contribution is 1.29. The van der Waals surface area contributed by atoms with Crippen LogP contribution in [0.25, 0.3) is 11.2 Å². The Kier molecular flexibility index (Phi) is 1.00. The highest BCUT2D eigenvalue weighted by atomic mass is 14.9. The number of nitrogens with zero attached hydrogens (tertiary/aromatic N) is 2. The molecule has 2 aromatic heterocycles. The van der Waals surface area contributed by atoms with Crippen LogP contribution in [0.1, 0.15) is 0 Å². The highest BCUT2D eigenvalue weighted by molar-refractivity contribution is 6.30. The Balaban J connectivity index is 2.86. The molecule has 2 aromatic rings. The van der Waals surface area contributed by atoms with Crippen LogP contribution < -0.4 is 5.59 Å². The van der Waals surface area contributed by atoms with Crippen LogP contribution in [0, 0.1) is 0 Å². The summed E-state index contributed by atoms with van der Waals surface area (Å²) in [5.41, 5.74) is 2.73. The van der Waals surface area contributed by atoms with Gasteiger partial charge < -0.3 is 4.98 Å². The zero-order valence-corrected chi connectivity index (χ0v) is 5.63. The van der Waals surface area contributed by atoms with Crippen LogP contribution in [-0.2, 0) is 0 Å². The van der Waals surface area contributed by atoms with Gasteiger partial charge in [-0.2, -0.15) is 0 Å². The van der Waals surface area contributed by atoms with Crippen molar-refractivity contribution in [2.75, 3.05) is 0 Å². The van der Waals surface area contributed by atoms with Crippen molar-refractivity contribution in [1.29, 1.82) is 0 Å². The largest absolute Gasteiger partial charge is 0.345 e. The van der Waals surface area contributed by atoms with Crippen molar-refractivity contribution in [3.05, 3.63) is 18.5 Å². The summed E-state index contributed by atoms with van der Waals surface area (Å²) in [7, 11) is 1.93. The van der Waals surface area contributed by atoms with E-state index >= 15 is 0 Å². The van der Waals surface area contributed by atoms with Gasteiger partial charge in [-0.15, -0.1) is 0 Å². The highest BCUT2D eigenvalue weighted by Gasteiger charge is 1.94. The van der Waals surface area contributed by atoms with E-state index in [1.165, 1.54) is 0 Å². The number of rotatable bonds is 0. The van der Waals surface area contributed by atoms with Crippen molar-refractivity contribution < 1.29 is 0 Å². The molecule has 2 heterocycles. The van der Waals surface area contributed by atoms with Crippen molar-refractivity contribution in [1.82, 2.24) is 15.0 Å². The highest BCUT2D eigenvalue weighted by Crippen LogP contribution is 2.00. The first-order valence-corrected chi connectivity index (χ1v) is 3.13. The van der Waals surface area contributed by atoms with Crippen LogP contribution in [0.5, 0.6) is 0 Å². The van der Waals surface area contributed by atoms with Gasteiger partial charge in [0.05, 0.1) is 0 Å². The molecule has 0 saturated carbocycles. The zero-order chi connectivity index (χ0) is 6.97. The van der Waals surface area contributed by atoms with Crippen molar-refractivity contribution >= 4 is 24.6 Å². The molecule has 0 spiro atoms. The molecule has 0 atom stereocenters. The molecule has 10 heavy (non-hydrogen) atoms. The monoisotopic (exact) mass is 131 g/mol. The van der Waals surface area contributed by atoms with Gasteiger partial charge in [0.2, 0.25) is 0 Å². The third kappa shape index (κ3) is 0.691. The second-order valence-corrected chi connectivity index (χ2v) is 2.22. The van der Waals surface area contributed by atoms with Gasteiger partial charge in [0.1, 0.15) is 5.52 Å². The van der Waals surface area contributed by atoms with Crippen molar-refractivity contribution in [2.45, 2.75) is 0 Å². The van der Waals surface area contributed by atoms with Crippen LogP contribution >= 0.6 is 0 Å². The third-order valence-electron chi connectivity index (χ3n) is 1.38. The minimum atomic E-state index is 0.852. The van der Waals surface area contributed by atoms with Gasteiger partial charge in [-0.3, -0.25) is 4.98 Å². The minimum Gasteiger partial charge on any atom is -0.345 e. The predicted octanol–water partition coefficient (Wildman–Crippen LogP) is -0.784. The van der Waals surface area contributed by atoms with Gasteiger partial charge in [-0.1, -0.05) is 0 Å². The molecule has 3 nitrogen and oxygen atoms in total. The Morgan fingerprint density at radius 1 is 1.50 bits per heavy atom. The quantitative estimate of drug-likeness (QED) is 0.476. The number of aromatic amines is 1. The van der Waals surface area contributed by atoms with E-state index in [4.69, 9.17) is 0 Å². The maximum Gasteiger partial charge on any atom is 0.166 e. The molecule has 0 radical (unpaired) electrons. The molecule has 0 aliphatic carbocycles. The van der Waals surface area contributed by atoms with Gasteiger partial charge >= 0.3 is 0 Å². The minimum absolute atomic E-state index is 0.852. The summed E-state index contributed by atoms with van der Waals surface area (Å²) < 4.78 is 0. The van der Waals surface area contributed by atoms with Crippen molar-refractivity contribution in [3.8, 4) is 0 Å². The Bertz CT molecular complexity index is 355. The number of H-pyrrole nitrogens is 1. The molecular formula is C6H6BN3. The van der Waals surface area contributed by atoms with Crippen LogP contribution in [0.3, 0.4) is 0 Å². The molecule has 0 unspecified atom stereocenters. The number of fused-ring (bicyclic) bond motifs is 1. The zero-order valence-electron chi connectivity index (χ0n) is 5.63. The Morgan fingerprint density at radius 3 is 3.30 bits per heavy atom. The van der Waals surface area contributed by atoms with E-state index in [1.54, 1.807) is 6.20 Å². The topological polar surface area (TPSA) is 41.6 Å². The fourth-order valence-electron chi connectivity index (χ4n) is 0.923.